The zero-order valence-electron chi connectivity index (χ0n) is 12.5. The van der Waals surface area contributed by atoms with Gasteiger partial charge in [-0.15, -0.1) is 0 Å². The maximum Gasteiger partial charge on any atom is 0.249 e. The number of hydrogen-bond acceptors (Lipinski definition) is 3. The molecule has 4 heteroatoms. The third-order valence-corrected chi connectivity index (χ3v) is 4.38. The molecule has 0 radical (unpaired) electrons. The summed E-state index contributed by atoms with van der Waals surface area (Å²) in [6, 6.07) is 8.69. The van der Waals surface area contributed by atoms with Crippen LogP contribution in [0.15, 0.2) is 24.3 Å². The maximum atomic E-state index is 11.8. The highest BCUT2D eigenvalue weighted by atomic mass is 16.5. The number of rotatable bonds is 5. The van der Waals surface area contributed by atoms with Gasteiger partial charge >= 0.3 is 0 Å². The van der Waals surface area contributed by atoms with E-state index in [0.29, 0.717) is 0 Å². The summed E-state index contributed by atoms with van der Waals surface area (Å²) in [5, 5.41) is 2.99. The summed E-state index contributed by atoms with van der Waals surface area (Å²) in [6.07, 6.45) is 3.81. The lowest BCUT2D eigenvalue weighted by Crippen LogP contribution is -2.37. The highest BCUT2D eigenvalue weighted by molar-refractivity contribution is 5.80. The molecule has 1 aromatic carbocycles. The largest absolute Gasteiger partial charge is 0.368 e. The van der Waals surface area contributed by atoms with Gasteiger partial charge in [-0.2, -0.15) is 0 Å². The molecule has 1 atom stereocenters. The predicted molar refractivity (Wildman–Crippen MR) is 82.0 cm³/mol. The molecule has 1 aromatic rings. The summed E-state index contributed by atoms with van der Waals surface area (Å²) >= 11 is 0. The van der Waals surface area contributed by atoms with Crippen molar-refractivity contribution < 1.29 is 9.53 Å². The zero-order valence-corrected chi connectivity index (χ0v) is 12.5. The van der Waals surface area contributed by atoms with E-state index in [1.165, 1.54) is 11.1 Å². The number of benzene rings is 1. The van der Waals surface area contributed by atoms with E-state index in [4.69, 9.17) is 4.74 Å². The number of hydrogen-bond donors (Lipinski definition) is 1. The van der Waals surface area contributed by atoms with Crippen LogP contribution in [0.1, 0.15) is 30.4 Å². The summed E-state index contributed by atoms with van der Waals surface area (Å²) in [4.78, 5) is 14.3. The third kappa shape index (κ3) is 3.83. The maximum absolute atomic E-state index is 11.8. The first-order valence-corrected chi connectivity index (χ1v) is 8.01. The van der Waals surface area contributed by atoms with Gasteiger partial charge < -0.3 is 10.1 Å². The summed E-state index contributed by atoms with van der Waals surface area (Å²) in [5.74, 6) is 0.0662. The quantitative estimate of drug-likeness (QED) is 0.839. The van der Waals surface area contributed by atoms with Gasteiger partial charge in [-0.1, -0.05) is 24.3 Å². The van der Waals surface area contributed by atoms with Gasteiger partial charge in [-0.05, 0) is 36.8 Å². The number of carbonyl (C=O) groups excluding carboxylic acids is 1. The van der Waals surface area contributed by atoms with E-state index in [2.05, 4.69) is 34.5 Å². The monoisotopic (exact) mass is 288 g/mol. The molecule has 1 N–H and O–H groups in total. The Bertz CT molecular complexity index is 483. The molecule has 1 fully saturated rings. The Kier molecular flexibility index (Phi) is 4.88. The lowest BCUT2D eigenvalue weighted by molar-refractivity contribution is -0.130. The van der Waals surface area contributed by atoms with Crippen LogP contribution < -0.4 is 5.32 Å². The fraction of sp³-hybridized carbons (Fsp3) is 0.588. The van der Waals surface area contributed by atoms with Gasteiger partial charge in [0.25, 0.3) is 0 Å². The van der Waals surface area contributed by atoms with Gasteiger partial charge in [0, 0.05) is 32.8 Å². The van der Waals surface area contributed by atoms with Crippen LogP contribution in [0.2, 0.25) is 0 Å². The van der Waals surface area contributed by atoms with Crippen LogP contribution in [0.25, 0.3) is 0 Å². The number of amides is 1. The smallest absolute Gasteiger partial charge is 0.249 e. The van der Waals surface area contributed by atoms with E-state index in [-0.39, 0.29) is 12.0 Å². The number of fused-ring (bicyclic) bond motifs is 1. The second kappa shape index (κ2) is 7.05. The summed E-state index contributed by atoms with van der Waals surface area (Å²) < 4.78 is 5.38. The topological polar surface area (TPSA) is 41.6 Å². The normalized spacial score (nSPS) is 22.0. The average molecular weight is 288 g/mol. The zero-order chi connectivity index (χ0) is 14.5. The molecule has 4 nitrogen and oxygen atoms in total. The third-order valence-electron chi connectivity index (χ3n) is 4.38. The molecule has 21 heavy (non-hydrogen) atoms. The predicted octanol–water partition coefficient (Wildman–Crippen LogP) is 1.73. The summed E-state index contributed by atoms with van der Waals surface area (Å²) in [7, 11) is 0. The van der Waals surface area contributed by atoms with Crippen molar-refractivity contribution in [3.05, 3.63) is 35.4 Å². The molecule has 0 spiro atoms. The lowest BCUT2D eigenvalue weighted by atomic mass is 10.00. The van der Waals surface area contributed by atoms with E-state index < -0.39 is 0 Å². The van der Waals surface area contributed by atoms with Crippen LogP contribution in [0, 0.1) is 0 Å². The van der Waals surface area contributed by atoms with Crippen molar-refractivity contribution in [3.8, 4) is 0 Å². The highest BCUT2D eigenvalue weighted by Gasteiger charge is 2.23. The number of nitrogens with one attached hydrogen (secondary N) is 1. The van der Waals surface area contributed by atoms with Crippen molar-refractivity contribution in [2.45, 2.75) is 38.3 Å². The molecule has 0 unspecified atom stereocenters. The van der Waals surface area contributed by atoms with Gasteiger partial charge in [0.1, 0.15) is 6.10 Å². The molecular weight excluding hydrogens is 264 g/mol. The van der Waals surface area contributed by atoms with Crippen LogP contribution >= 0.6 is 0 Å². The Morgan fingerprint density at radius 3 is 3.00 bits per heavy atom. The first-order chi connectivity index (χ1) is 10.3. The number of carbonyl (C=O) groups is 1. The Hall–Kier alpha value is -1.39. The summed E-state index contributed by atoms with van der Waals surface area (Å²) in [6.45, 7) is 4.68. The minimum absolute atomic E-state index is 0.0662. The van der Waals surface area contributed by atoms with Gasteiger partial charge in [0.15, 0.2) is 0 Å². The van der Waals surface area contributed by atoms with Crippen LogP contribution in [-0.4, -0.2) is 43.2 Å². The van der Waals surface area contributed by atoms with Crippen molar-refractivity contribution in [1.29, 1.82) is 0 Å². The van der Waals surface area contributed by atoms with Crippen molar-refractivity contribution in [2.24, 2.45) is 0 Å². The van der Waals surface area contributed by atoms with E-state index >= 15 is 0 Å². The molecule has 114 valence electrons. The van der Waals surface area contributed by atoms with Crippen molar-refractivity contribution >= 4 is 5.91 Å². The molecule has 0 aromatic heterocycles. The number of ether oxygens (including phenoxy) is 1. The molecular formula is C17H24N2O2. The molecule has 0 saturated carbocycles. The molecule has 0 aliphatic carbocycles. The van der Waals surface area contributed by atoms with Crippen LogP contribution in [-0.2, 0) is 22.5 Å². The molecule has 2 aliphatic heterocycles. The SMILES string of the molecule is O=C(NCCCN1CCc2ccccc2C1)[C@H]1CCCO1. The summed E-state index contributed by atoms with van der Waals surface area (Å²) in [5.41, 5.74) is 2.94. The molecule has 2 aliphatic rings. The fourth-order valence-corrected chi connectivity index (χ4v) is 3.16. The van der Waals surface area contributed by atoms with E-state index in [1.54, 1.807) is 0 Å². The first-order valence-electron chi connectivity index (χ1n) is 8.01. The second-order valence-corrected chi connectivity index (χ2v) is 5.94. The van der Waals surface area contributed by atoms with Gasteiger partial charge in [0.2, 0.25) is 5.91 Å². The molecule has 1 amide bonds. The average Bonchev–Trinajstić information content (AvgIpc) is 3.06. The Morgan fingerprint density at radius 2 is 2.19 bits per heavy atom. The molecule has 1 saturated heterocycles. The second-order valence-electron chi connectivity index (χ2n) is 5.94. The van der Waals surface area contributed by atoms with Crippen molar-refractivity contribution in [3.63, 3.8) is 0 Å². The van der Waals surface area contributed by atoms with Gasteiger partial charge in [-0.25, -0.2) is 0 Å². The minimum Gasteiger partial charge on any atom is -0.368 e. The fourth-order valence-electron chi connectivity index (χ4n) is 3.16. The Labute approximate surface area is 126 Å². The minimum atomic E-state index is -0.202. The van der Waals surface area contributed by atoms with E-state index in [0.717, 1.165) is 58.5 Å². The van der Waals surface area contributed by atoms with Crippen LogP contribution in [0.4, 0.5) is 0 Å². The molecule has 0 bridgehead atoms. The van der Waals surface area contributed by atoms with Crippen molar-refractivity contribution in [2.75, 3.05) is 26.2 Å². The van der Waals surface area contributed by atoms with Crippen molar-refractivity contribution in [1.82, 2.24) is 10.2 Å². The Balaban J connectivity index is 1.36. The van der Waals surface area contributed by atoms with Crippen LogP contribution in [0.3, 0.4) is 0 Å². The highest BCUT2D eigenvalue weighted by Crippen LogP contribution is 2.18. The first kappa shape index (κ1) is 14.5. The van der Waals surface area contributed by atoms with E-state index in [1.807, 2.05) is 0 Å². The lowest BCUT2D eigenvalue weighted by Gasteiger charge is -2.28. The van der Waals surface area contributed by atoms with Gasteiger partial charge in [-0.3, -0.25) is 9.69 Å². The van der Waals surface area contributed by atoms with Gasteiger partial charge in [0.05, 0.1) is 0 Å². The molecule has 3 rings (SSSR count). The number of nitrogens with zero attached hydrogens (tertiary/aromatic N) is 1. The Morgan fingerprint density at radius 1 is 1.33 bits per heavy atom. The molecule has 2 heterocycles. The van der Waals surface area contributed by atoms with Crippen LogP contribution in [0.5, 0.6) is 0 Å². The standard InChI is InChI=1S/C17H24N2O2/c20-17(16-7-3-12-21-16)18-9-4-10-19-11-8-14-5-1-2-6-15(14)13-19/h1-2,5-6,16H,3-4,7-13H2,(H,18,20)/t16-/m1/s1. The van der Waals surface area contributed by atoms with E-state index in [9.17, 15) is 4.79 Å².